The maximum absolute atomic E-state index is 11.7. The summed E-state index contributed by atoms with van der Waals surface area (Å²) in [5, 5.41) is 5.07. The second kappa shape index (κ2) is 25.3. The maximum Gasteiger partial charge on any atom is 0.310 e. The molecule has 8 heteroatoms. The van der Waals surface area contributed by atoms with Crippen molar-refractivity contribution < 1.29 is 19.1 Å². The third-order valence-electron chi connectivity index (χ3n) is 8.83. The second-order valence-corrected chi connectivity index (χ2v) is 13.9. The van der Waals surface area contributed by atoms with Gasteiger partial charge in [0.05, 0.1) is 0 Å². The molecule has 3 N–H and O–H groups in total. The van der Waals surface area contributed by atoms with Crippen molar-refractivity contribution in [3.8, 4) is 5.75 Å². The summed E-state index contributed by atoms with van der Waals surface area (Å²) in [6.45, 7) is 9.24. The van der Waals surface area contributed by atoms with Crippen LogP contribution < -0.4 is 15.8 Å². The topological polar surface area (TPSA) is 102 Å². The molecule has 1 atom stereocenters. The number of unbranched alkanes of at least 4 members (excludes halogenated alkanes) is 9. The van der Waals surface area contributed by atoms with E-state index in [0.29, 0.717) is 25.3 Å². The number of thiophene rings is 1. The monoisotopic (exact) mass is 669 g/mol. The molecule has 0 radical (unpaired) electrons. The van der Waals surface area contributed by atoms with Gasteiger partial charge >= 0.3 is 5.97 Å². The molecule has 7 nitrogen and oxygen atoms in total. The summed E-state index contributed by atoms with van der Waals surface area (Å²) in [6.07, 6.45) is 19.9. The Balaban J connectivity index is 0.000000336. The summed E-state index contributed by atoms with van der Waals surface area (Å²) in [7, 11) is 0. The molecule has 2 aromatic rings. The number of carbonyl (C=O) groups excluding carboxylic acids is 3. The van der Waals surface area contributed by atoms with Crippen LogP contribution in [0.25, 0.3) is 0 Å². The van der Waals surface area contributed by atoms with Gasteiger partial charge in [0, 0.05) is 43.3 Å². The highest BCUT2D eigenvalue weighted by atomic mass is 32.1. The Morgan fingerprint density at radius 1 is 0.872 bits per heavy atom. The maximum atomic E-state index is 11.7. The number of nitrogens with one attached hydrogen (secondary N) is 1. The number of nitrogens with two attached hydrogens (primary N) is 1. The minimum Gasteiger partial charge on any atom is -0.426 e. The molecular formula is C39H63N3O4S. The summed E-state index contributed by atoms with van der Waals surface area (Å²) in [5.74, 6) is 0.642. The Morgan fingerprint density at radius 3 is 2.15 bits per heavy atom. The van der Waals surface area contributed by atoms with E-state index in [1.165, 1.54) is 60.9 Å². The highest BCUT2D eigenvalue weighted by molar-refractivity contribution is 7.09. The van der Waals surface area contributed by atoms with Gasteiger partial charge in [-0.05, 0) is 86.6 Å². The predicted molar refractivity (Wildman–Crippen MR) is 196 cm³/mol. The predicted octanol–water partition coefficient (Wildman–Crippen LogP) is 8.55. The van der Waals surface area contributed by atoms with Gasteiger partial charge in [0.1, 0.15) is 5.75 Å². The number of amides is 2. The molecule has 0 saturated carbocycles. The molecule has 0 spiro atoms. The summed E-state index contributed by atoms with van der Waals surface area (Å²) < 4.78 is 5.55. The SMILES string of the molecule is CCCN(CCc1cccs1)[C@@H]1CCc2c(cccc2OC(=O)CC)C1.CCCNC(=O)CCCCCCCCCCCCC(N)=O. The number of esters is 1. The van der Waals surface area contributed by atoms with E-state index >= 15 is 0 Å². The van der Waals surface area contributed by atoms with Gasteiger partial charge in [-0.2, -0.15) is 0 Å². The van der Waals surface area contributed by atoms with E-state index in [4.69, 9.17) is 10.5 Å². The molecule has 2 amide bonds. The molecule has 47 heavy (non-hydrogen) atoms. The third kappa shape index (κ3) is 17.9. The van der Waals surface area contributed by atoms with E-state index in [1.54, 1.807) is 0 Å². The van der Waals surface area contributed by atoms with Crippen molar-refractivity contribution in [1.82, 2.24) is 10.2 Å². The molecule has 0 aliphatic heterocycles. The zero-order valence-electron chi connectivity index (χ0n) is 29.7. The first kappa shape index (κ1) is 40.5. The summed E-state index contributed by atoms with van der Waals surface area (Å²) in [6, 6.07) is 11.1. The van der Waals surface area contributed by atoms with E-state index in [0.717, 1.165) is 83.2 Å². The van der Waals surface area contributed by atoms with E-state index in [-0.39, 0.29) is 17.8 Å². The van der Waals surface area contributed by atoms with Crippen molar-refractivity contribution in [2.24, 2.45) is 5.73 Å². The second-order valence-electron chi connectivity index (χ2n) is 12.8. The minimum absolute atomic E-state index is 0.149. The fourth-order valence-electron chi connectivity index (χ4n) is 6.18. The summed E-state index contributed by atoms with van der Waals surface area (Å²) >= 11 is 1.85. The lowest BCUT2D eigenvalue weighted by atomic mass is 9.86. The van der Waals surface area contributed by atoms with Crippen molar-refractivity contribution in [3.05, 3.63) is 51.7 Å². The number of benzene rings is 1. The molecule has 0 unspecified atom stereocenters. The van der Waals surface area contributed by atoms with E-state index in [2.05, 4.69) is 47.6 Å². The third-order valence-corrected chi connectivity index (χ3v) is 9.76. The molecule has 264 valence electrons. The molecule has 1 aliphatic rings. The average molecular weight is 670 g/mol. The number of rotatable bonds is 23. The van der Waals surface area contributed by atoms with Gasteiger partial charge in [-0.1, -0.05) is 90.3 Å². The highest BCUT2D eigenvalue weighted by Gasteiger charge is 2.26. The van der Waals surface area contributed by atoms with Crippen LogP contribution in [-0.2, 0) is 33.6 Å². The lowest BCUT2D eigenvalue weighted by Gasteiger charge is -2.35. The van der Waals surface area contributed by atoms with Gasteiger partial charge in [0.25, 0.3) is 0 Å². The van der Waals surface area contributed by atoms with Crippen LogP contribution in [0.15, 0.2) is 35.7 Å². The molecule has 0 bridgehead atoms. The Bertz CT molecular complexity index is 1140. The Hall–Kier alpha value is -2.71. The first-order chi connectivity index (χ1) is 22.9. The molecular weight excluding hydrogens is 607 g/mol. The standard InChI is InChI=1S/C22H29NO2S.C17H34N2O2/c1-3-13-23(14-12-19-8-6-15-26-19)18-10-11-20-17(16-18)7-5-9-21(20)25-22(24)4-2;1-2-15-19-17(21)14-12-10-8-6-4-3-5-7-9-11-13-16(18)20/h5-9,15,18H,3-4,10-14,16H2,1-2H3;2-15H2,1H3,(H2,18,20)(H,19,21)/t18-;/m1./s1. The van der Waals surface area contributed by atoms with Crippen LogP contribution in [0.5, 0.6) is 5.75 Å². The first-order valence-electron chi connectivity index (χ1n) is 18.5. The Morgan fingerprint density at radius 2 is 1.55 bits per heavy atom. The van der Waals surface area contributed by atoms with Crippen molar-refractivity contribution >= 4 is 29.1 Å². The zero-order valence-corrected chi connectivity index (χ0v) is 30.5. The van der Waals surface area contributed by atoms with Gasteiger partial charge in [-0.3, -0.25) is 19.3 Å². The van der Waals surface area contributed by atoms with Gasteiger partial charge in [-0.15, -0.1) is 11.3 Å². The molecule has 1 aromatic heterocycles. The van der Waals surface area contributed by atoms with Crippen molar-refractivity contribution in [2.75, 3.05) is 19.6 Å². The van der Waals surface area contributed by atoms with Crippen LogP contribution in [0.4, 0.5) is 0 Å². The van der Waals surface area contributed by atoms with Gasteiger partial charge in [0.15, 0.2) is 0 Å². The first-order valence-corrected chi connectivity index (χ1v) is 19.4. The number of primary amides is 1. The van der Waals surface area contributed by atoms with E-state index < -0.39 is 0 Å². The summed E-state index contributed by atoms with van der Waals surface area (Å²) in [5.41, 5.74) is 7.67. The van der Waals surface area contributed by atoms with Crippen LogP contribution >= 0.6 is 11.3 Å². The minimum atomic E-state index is -0.182. The average Bonchev–Trinajstić information content (AvgIpc) is 3.60. The van der Waals surface area contributed by atoms with Gasteiger partial charge in [-0.25, -0.2) is 0 Å². The highest BCUT2D eigenvalue weighted by Crippen LogP contribution is 2.32. The molecule has 3 rings (SSSR count). The summed E-state index contributed by atoms with van der Waals surface area (Å²) in [4.78, 5) is 37.7. The van der Waals surface area contributed by atoms with E-state index in [1.807, 2.05) is 30.4 Å². The fourth-order valence-corrected chi connectivity index (χ4v) is 6.88. The molecule has 0 saturated heterocycles. The van der Waals surface area contributed by atoms with E-state index in [9.17, 15) is 14.4 Å². The van der Waals surface area contributed by atoms with Crippen molar-refractivity contribution in [3.63, 3.8) is 0 Å². The normalized spacial score (nSPS) is 13.8. The molecule has 1 aromatic carbocycles. The lowest BCUT2D eigenvalue weighted by Crippen LogP contribution is -2.41. The number of ether oxygens (including phenoxy) is 1. The van der Waals surface area contributed by atoms with Crippen LogP contribution in [0.2, 0.25) is 0 Å². The number of hydrogen-bond donors (Lipinski definition) is 2. The molecule has 1 aliphatic carbocycles. The largest absolute Gasteiger partial charge is 0.426 e. The molecule has 0 fully saturated rings. The number of nitrogens with zero attached hydrogens (tertiary/aromatic N) is 1. The number of hydrogen-bond acceptors (Lipinski definition) is 6. The van der Waals surface area contributed by atoms with Crippen LogP contribution in [-0.4, -0.2) is 48.4 Å². The quantitative estimate of drug-likeness (QED) is 0.0702. The van der Waals surface area contributed by atoms with Crippen LogP contribution in [0, 0.1) is 0 Å². The van der Waals surface area contributed by atoms with Gasteiger partial charge in [0.2, 0.25) is 11.8 Å². The van der Waals surface area contributed by atoms with Gasteiger partial charge < -0.3 is 15.8 Å². The Kier molecular flexibility index (Phi) is 21.8. The number of fused-ring (bicyclic) bond motifs is 1. The fraction of sp³-hybridized carbons (Fsp3) is 0.667. The zero-order chi connectivity index (χ0) is 34.1. The van der Waals surface area contributed by atoms with Crippen molar-refractivity contribution in [2.45, 2.75) is 149 Å². The smallest absolute Gasteiger partial charge is 0.310 e. The Labute approximate surface area is 289 Å². The van der Waals surface area contributed by atoms with Crippen LogP contribution in [0.3, 0.4) is 0 Å². The van der Waals surface area contributed by atoms with Crippen molar-refractivity contribution in [1.29, 1.82) is 0 Å². The number of carbonyl (C=O) groups is 3. The molecule has 1 heterocycles. The lowest BCUT2D eigenvalue weighted by molar-refractivity contribution is -0.134. The van der Waals surface area contributed by atoms with Crippen LogP contribution in [0.1, 0.15) is 140 Å².